The second-order valence-corrected chi connectivity index (χ2v) is 3.25. The summed E-state index contributed by atoms with van der Waals surface area (Å²) in [6.07, 6.45) is 1.05. The molecule has 2 atom stereocenters. The van der Waals surface area contributed by atoms with Crippen LogP contribution in [0.4, 0.5) is 0 Å². The largest absolute Gasteiger partial charge is 0.106 e. The van der Waals surface area contributed by atoms with E-state index in [0.29, 0.717) is 11.8 Å². The van der Waals surface area contributed by atoms with Gasteiger partial charge in [0, 0.05) is 11.8 Å². The average molecular weight is 174 g/mol. The van der Waals surface area contributed by atoms with Crippen LogP contribution in [0.2, 0.25) is 0 Å². The monoisotopic (exact) mass is 174 g/mol. The quantitative estimate of drug-likeness (QED) is 0.564. The van der Waals surface area contributed by atoms with Gasteiger partial charge in [-0.15, -0.1) is 5.92 Å². The lowest BCUT2D eigenvalue weighted by molar-refractivity contribution is 0.529. The van der Waals surface area contributed by atoms with Crippen LogP contribution in [-0.4, -0.2) is 0 Å². The standard InChI is InChI=1S/C13H18/c1-6-8-12(5)13(7-2)10-9-11(3)4/h12-13H,3,7H2,1-2,4-5H3. The molecule has 0 aromatic heterocycles. The first-order valence-electron chi connectivity index (χ1n) is 4.71. The summed E-state index contributed by atoms with van der Waals surface area (Å²) in [6, 6.07) is 0. The topological polar surface area (TPSA) is 0 Å². The van der Waals surface area contributed by atoms with Crippen LogP contribution in [0, 0.1) is 35.5 Å². The molecular weight excluding hydrogens is 156 g/mol. The minimum Gasteiger partial charge on any atom is -0.106 e. The number of hydrogen-bond donors (Lipinski definition) is 0. The Hall–Kier alpha value is -1.14. The lowest BCUT2D eigenvalue weighted by atomic mass is 9.92. The summed E-state index contributed by atoms with van der Waals surface area (Å²) in [4.78, 5) is 0. The maximum absolute atomic E-state index is 3.76. The Balaban J connectivity index is 4.42. The Kier molecular flexibility index (Phi) is 5.82. The van der Waals surface area contributed by atoms with Crippen molar-refractivity contribution >= 4 is 0 Å². The predicted molar refractivity (Wildman–Crippen MR) is 59.0 cm³/mol. The fourth-order valence-corrected chi connectivity index (χ4v) is 1.12. The third-order valence-corrected chi connectivity index (χ3v) is 1.89. The molecule has 0 amide bonds. The van der Waals surface area contributed by atoms with E-state index in [1.54, 1.807) is 0 Å². The molecule has 70 valence electrons. The van der Waals surface area contributed by atoms with Gasteiger partial charge in [0.15, 0.2) is 0 Å². The molecule has 0 fully saturated rings. The van der Waals surface area contributed by atoms with Crippen molar-refractivity contribution < 1.29 is 0 Å². The van der Waals surface area contributed by atoms with Crippen molar-refractivity contribution in [1.82, 2.24) is 0 Å². The van der Waals surface area contributed by atoms with Gasteiger partial charge in [-0.25, -0.2) is 0 Å². The van der Waals surface area contributed by atoms with Gasteiger partial charge < -0.3 is 0 Å². The van der Waals surface area contributed by atoms with E-state index in [9.17, 15) is 0 Å². The lowest BCUT2D eigenvalue weighted by Crippen LogP contribution is -2.06. The molecule has 0 aliphatic heterocycles. The van der Waals surface area contributed by atoms with Gasteiger partial charge in [0.2, 0.25) is 0 Å². The summed E-state index contributed by atoms with van der Waals surface area (Å²) >= 11 is 0. The fraction of sp³-hybridized carbons (Fsp3) is 0.538. The van der Waals surface area contributed by atoms with Crippen LogP contribution in [0.25, 0.3) is 0 Å². The molecule has 0 heteroatoms. The van der Waals surface area contributed by atoms with Crippen molar-refractivity contribution in [3.05, 3.63) is 12.2 Å². The minimum absolute atomic E-state index is 0.363. The highest BCUT2D eigenvalue weighted by molar-refractivity contribution is 5.25. The SMILES string of the molecule is C=C(C)C#CC(CC)C(C)C#CC. The van der Waals surface area contributed by atoms with Crippen LogP contribution in [0.5, 0.6) is 0 Å². The van der Waals surface area contributed by atoms with E-state index in [0.717, 1.165) is 12.0 Å². The Morgan fingerprint density at radius 1 is 1.38 bits per heavy atom. The Morgan fingerprint density at radius 3 is 2.38 bits per heavy atom. The number of allylic oxidation sites excluding steroid dienone is 1. The van der Waals surface area contributed by atoms with Gasteiger partial charge in [-0.3, -0.25) is 0 Å². The van der Waals surface area contributed by atoms with Gasteiger partial charge in [0.1, 0.15) is 0 Å². The Morgan fingerprint density at radius 2 is 2.00 bits per heavy atom. The fourth-order valence-electron chi connectivity index (χ4n) is 1.12. The van der Waals surface area contributed by atoms with E-state index >= 15 is 0 Å². The number of rotatable bonds is 2. The third kappa shape index (κ3) is 5.15. The van der Waals surface area contributed by atoms with Crippen molar-refractivity contribution in [2.24, 2.45) is 11.8 Å². The molecular formula is C13H18. The molecule has 0 spiro atoms. The maximum Gasteiger partial charge on any atom is 0.0338 e. The molecule has 0 aromatic rings. The smallest absolute Gasteiger partial charge is 0.0338 e. The van der Waals surface area contributed by atoms with E-state index in [-0.39, 0.29) is 0 Å². The van der Waals surface area contributed by atoms with Crippen LogP contribution in [-0.2, 0) is 0 Å². The summed E-state index contributed by atoms with van der Waals surface area (Å²) in [5.74, 6) is 13.0. The zero-order valence-electron chi connectivity index (χ0n) is 9.07. The predicted octanol–water partition coefficient (Wildman–Crippen LogP) is 3.25. The maximum atomic E-state index is 3.76. The molecule has 0 radical (unpaired) electrons. The molecule has 0 aliphatic rings. The highest BCUT2D eigenvalue weighted by Gasteiger charge is 2.09. The van der Waals surface area contributed by atoms with Crippen molar-refractivity contribution in [3.63, 3.8) is 0 Å². The molecule has 0 nitrogen and oxygen atoms in total. The molecule has 13 heavy (non-hydrogen) atoms. The minimum atomic E-state index is 0.363. The molecule has 0 N–H and O–H groups in total. The summed E-state index contributed by atoms with van der Waals surface area (Å²) in [5, 5.41) is 0. The summed E-state index contributed by atoms with van der Waals surface area (Å²) in [5.41, 5.74) is 0.926. The molecule has 0 aromatic carbocycles. The normalized spacial score (nSPS) is 12.9. The Labute approximate surface area is 82.4 Å². The van der Waals surface area contributed by atoms with Crippen molar-refractivity contribution in [2.45, 2.75) is 34.1 Å². The molecule has 0 saturated carbocycles. The van der Waals surface area contributed by atoms with Gasteiger partial charge in [-0.1, -0.05) is 38.2 Å². The zero-order valence-corrected chi connectivity index (χ0v) is 9.07. The summed E-state index contributed by atoms with van der Waals surface area (Å²) in [7, 11) is 0. The van der Waals surface area contributed by atoms with E-state index in [1.807, 2.05) is 13.8 Å². The van der Waals surface area contributed by atoms with E-state index in [2.05, 4.69) is 44.1 Å². The second-order valence-electron chi connectivity index (χ2n) is 3.25. The molecule has 0 saturated heterocycles. The van der Waals surface area contributed by atoms with Crippen molar-refractivity contribution in [3.8, 4) is 23.7 Å². The first-order valence-corrected chi connectivity index (χ1v) is 4.71. The van der Waals surface area contributed by atoms with Gasteiger partial charge in [0.05, 0.1) is 0 Å². The van der Waals surface area contributed by atoms with Gasteiger partial charge >= 0.3 is 0 Å². The first-order chi connectivity index (χ1) is 6.11. The highest BCUT2D eigenvalue weighted by atomic mass is 14.1. The van der Waals surface area contributed by atoms with Crippen molar-refractivity contribution in [1.29, 1.82) is 0 Å². The molecule has 2 unspecified atom stereocenters. The van der Waals surface area contributed by atoms with E-state index in [1.165, 1.54) is 0 Å². The number of hydrogen-bond acceptors (Lipinski definition) is 0. The first kappa shape index (κ1) is 11.9. The average Bonchev–Trinajstić information content (AvgIpc) is 2.05. The van der Waals surface area contributed by atoms with Crippen LogP contribution < -0.4 is 0 Å². The van der Waals surface area contributed by atoms with Crippen LogP contribution in [0.3, 0.4) is 0 Å². The lowest BCUT2D eigenvalue weighted by Gasteiger charge is -2.10. The van der Waals surface area contributed by atoms with Crippen molar-refractivity contribution in [2.75, 3.05) is 0 Å². The third-order valence-electron chi connectivity index (χ3n) is 1.89. The Bertz CT molecular complexity index is 275. The van der Waals surface area contributed by atoms with Crippen LogP contribution in [0.15, 0.2) is 12.2 Å². The van der Waals surface area contributed by atoms with Gasteiger partial charge in [0.25, 0.3) is 0 Å². The van der Waals surface area contributed by atoms with Gasteiger partial charge in [-0.2, -0.15) is 0 Å². The second kappa shape index (κ2) is 6.38. The molecule has 0 bridgehead atoms. The molecule has 0 aliphatic carbocycles. The molecule has 0 heterocycles. The van der Waals surface area contributed by atoms with E-state index in [4.69, 9.17) is 0 Å². The summed E-state index contributed by atoms with van der Waals surface area (Å²) in [6.45, 7) is 11.8. The molecule has 0 rings (SSSR count). The summed E-state index contributed by atoms with van der Waals surface area (Å²) < 4.78 is 0. The van der Waals surface area contributed by atoms with E-state index < -0.39 is 0 Å². The highest BCUT2D eigenvalue weighted by Crippen LogP contribution is 2.13. The van der Waals surface area contributed by atoms with Crippen LogP contribution >= 0.6 is 0 Å². The zero-order chi connectivity index (χ0) is 10.3. The van der Waals surface area contributed by atoms with Crippen LogP contribution in [0.1, 0.15) is 34.1 Å². The van der Waals surface area contributed by atoms with Gasteiger partial charge in [-0.05, 0) is 25.8 Å².